The van der Waals surface area contributed by atoms with E-state index in [1.165, 1.54) is 6.07 Å². The second-order valence-corrected chi connectivity index (χ2v) is 4.68. The third-order valence-corrected chi connectivity index (χ3v) is 3.06. The molecule has 2 atom stereocenters. The van der Waals surface area contributed by atoms with Gasteiger partial charge >= 0.3 is 6.18 Å². The second kappa shape index (κ2) is 6.23. The van der Waals surface area contributed by atoms with Crippen molar-refractivity contribution < 1.29 is 13.2 Å². The Bertz CT molecular complexity index is 374. The van der Waals surface area contributed by atoms with Gasteiger partial charge in [0.05, 0.1) is 5.56 Å². The van der Waals surface area contributed by atoms with Crippen LogP contribution in [0, 0.1) is 0 Å². The number of benzene rings is 1. The standard InChI is InChI=1S/C14H20F3N/c1-4-18-11(3)9-10(2)12-7-5-6-8-13(12)14(15,16)17/h5-8,10-11,18H,4,9H2,1-3H3. The summed E-state index contributed by atoms with van der Waals surface area (Å²) in [6.45, 7) is 6.66. The van der Waals surface area contributed by atoms with Gasteiger partial charge < -0.3 is 5.32 Å². The predicted octanol–water partition coefficient (Wildman–Crippen LogP) is 4.20. The second-order valence-electron chi connectivity index (χ2n) is 4.68. The molecule has 102 valence electrons. The largest absolute Gasteiger partial charge is 0.416 e. The Morgan fingerprint density at radius 3 is 2.33 bits per heavy atom. The molecule has 18 heavy (non-hydrogen) atoms. The maximum Gasteiger partial charge on any atom is 0.416 e. The molecule has 0 aromatic heterocycles. The summed E-state index contributed by atoms with van der Waals surface area (Å²) in [6.07, 6.45) is -3.58. The van der Waals surface area contributed by atoms with Gasteiger partial charge in [0, 0.05) is 6.04 Å². The first-order chi connectivity index (χ1) is 8.36. The lowest BCUT2D eigenvalue weighted by Crippen LogP contribution is -2.27. The summed E-state index contributed by atoms with van der Waals surface area (Å²) in [5, 5.41) is 3.22. The minimum absolute atomic E-state index is 0.114. The Hall–Kier alpha value is -1.03. The third-order valence-electron chi connectivity index (χ3n) is 3.06. The Morgan fingerprint density at radius 2 is 1.78 bits per heavy atom. The predicted molar refractivity (Wildman–Crippen MR) is 67.6 cm³/mol. The zero-order chi connectivity index (χ0) is 13.8. The molecule has 1 aromatic carbocycles. The molecule has 0 saturated heterocycles. The lowest BCUT2D eigenvalue weighted by Gasteiger charge is -2.21. The van der Waals surface area contributed by atoms with Crippen LogP contribution in [-0.4, -0.2) is 12.6 Å². The van der Waals surface area contributed by atoms with Crippen LogP contribution in [0.4, 0.5) is 13.2 Å². The molecule has 0 spiro atoms. The first-order valence-corrected chi connectivity index (χ1v) is 6.25. The van der Waals surface area contributed by atoms with Gasteiger partial charge in [0.25, 0.3) is 0 Å². The zero-order valence-corrected chi connectivity index (χ0v) is 11.0. The maximum atomic E-state index is 12.9. The highest BCUT2D eigenvalue weighted by molar-refractivity contribution is 5.32. The Kier molecular flexibility index (Phi) is 5.20. The van der Waals surface area contributed by atoms with Crippen LogP contribution in [-0.2, 0) is 6.18 Å². The summed E-state index contributed by atoms with van der Waals surface area (Å²) in [6, 6.07) is 6.05. The van der Waals surface area contributed by atoms with Crippen LogP contribution >= 0.6 is 0 Å². The normalized spacial score (nSPS) is 15.4. The van der Waals surface area contributed by atoms with Gasteiger partial charge in [-0.3, -0.25) is 0 Å². The molecule has 0 heterocycles. The van der Waals surface area contributed by atoms with Crippen molar-refractivity contribution in [3.63, 3.8) is 0 Å². The summed E-state index contributed by atoms with van der Waals surface area (Å²) >= 11 is 0. The van der Waals surface area contributed by atoms with Gasteiger partial charge in [0.1, 0.15) is 0 Å². The topological polar surface area (TPSA) is 12.0 Å². The van der Waals surface area contributed by atoms with Crippen molar-refractivity contribution in [1.82, 2.24) is 5.32 Å². The molecule has 0 aliphatic heterocycles. The van der Waals surface area contributed by atoms with E-state index in [-0.39, 0.29) is 12.0 Å². The van der Waals surface area contributed by atoms with E-state index < -0.39 is 11.7 Å². The van der Waals surface area contributed by atoms with Crippen LogP contribution in [0.2, 0.25) is 0 Å². The van der Waals surface area contributed by atoms with E-state index in [0.717, 1.165) is 12.6 Å². The van der Waals surface area contributed by atoms with Gasteiger partial charge in [-0.2, -0.15) is 13.2 Å². The third kappa shape index (κ3) is 4.02. The van der Waals surface area contributed by atoms with Gasteiger partial charge in [-0.1, -0.05) is 32.0 Å². The minimum atomic E-state index is -4.27. The molecule has 1 aromatic rings. The molecule has 1 N–H and O–H groups in total. The molecular weight excluding hydrogens is 239 g/mol. The van der Waals surface area contributed by atoms with Crippen LogP contribution in [0.25, 0.3) is 0 Å². The Balaban J connectivity index is 2.89. The van der Waals surface area contributed by atoms with E-state index in [0.29, 0.717) is 12.0 Å². The van der Waals surface area contributed by atoms with E-state index in [4.69, 9.17) is 0 Å². The first-order valence-electron chi connectivity index (χ1n) is 6.25. The van der Waals surface area contributed by atoms with Crippen LogP contribution in [0.15, 0.2) is 24.3 Å². The average molecular weight is 259 g/mol. The van der Waals surface area contributed by atoms with Crippen molar-refractivity contribution in [2.75, 3.05) is 6.54 Å². The zero-order valence-electron chi connectivity index (χ0n) is 11.0. The molecule has 1 nitrogen and oxygen atoms in total. The monoisotopic (exact) mass is 259 g/mol. The van der Waals surface area contributed by atoms with Crippen molar-refractivity contribution in [1.29, 1.82) is 0 Å². The quantitative estimate of drug-likeness (QED) is 0.835. The van der Waals surface area contributed by atoms with E-state index in [2.05, 4.69) is 5.32 Å². The molecule has 0 amide bonds. The van der Waals surface area contributed by atoms with Crippen molar-refractivity contribution in [3.8, 4) is 0 Å². The Morgan fingerprint density at radius 1 is 1.17 bits per heavy atom. The fourth-order valence-electron chi connectivity index (χ4n) is 2.27. The fraction of sp³-hybridized carbons (Fsp3) is 0.571. The van der Waals surface area contributed by atoms with E-state index in [9.17, 15) is 13.2 Å². The number of alkyl halides is 3. The smallest absolute Gasteiger partial charge is 0.315 e. The lowest BCUT2D eigenvalue weighted by atomic mass is 9.90. The molecule has 0 aliphatic carbocycles. The van der Waals surface area contributed by atoms with Crippen LogP contribution in [0.5, 0.6) is 0 Å². The number of halogens is 3. The summed E-state index contributed by atoms with van der Waals surface area (Å²) < 4.78 is 38.6. The number of rotatable bonds is 5. The summed E-state index contributed by atoms with van der Waals surface area (Å²) in [4.78, 5) is 0. The summed E-state index contributed by atoms with van der Waals surface area (Å²) in [5.41, 5.74) is -0.129. The minimum Gasteiger partial charge on any atom is -0.315 e. The highest BCUT2D eigenvalue weighted by Crippen LogP contribution is 2.36. The Labute approximate surface area is 106 Å². The molecule has 0 saturated carbocycles. The van der Waals surface area contributed by atoms with Crippen LogP contribution in [0.3, 0.4) is 0 Å². The van der Waals surface area contributed by atoms with Gasteiger partial charge in [-0.15, -0.1) is 0 Å². The van der Waals surface area contributed by atoms with Crippen LogP contribution in [0.1, 0.15) is 44.2 Å². The lowest BCUT2D eigenvalue weighted by molar-refractivity contribution is -0.138. The van der Waals surface area contributed by atoms with E-state index >= 15 is 0 Å². The average Bonchev–Trinajstić information content (AvgIpc) is 2.28. The van der Waals surface area contributed by atoms with Crippen molar-refractivity contribution in [2.24, 2.45) is 0 Å². The summed E-state index contributed by atoms with van der Waals surface area (Å²) in [5.74, 6) is -0.114. The van der Waals surface area contributed by atoms with Gasteiger partial charge in [-0.25, -0.2) is 0 Å². The van der Waals surface area contributed by atoms with Crippen molar-refractivity contribution in [3.05, 3.63) is 35.4 Å². The molecule has 4 heteroatoms. The van der Waals surface area contributed by atoms with Gasteiger partial charge in [0.2, 0.25) is 0 Å². The molecule has 2 unspecified atom stereocenters. The van der Waals surface area contributed by atoms with Gasteiger partial charge in [-0.05, 0) is 37.4 Å². The highest BCUT2D eigenvalue weighted by Gasteiger charge is 2.34. The molecule has 0 radical (unpaired) electrons. The highest BCUT2D eigenvalue weighted by atomic mass is 19.4. The van der Waals surface area contributed by atoms with E-state index in [1.807, 2.05) is 20.8 Å². The van der Waals surface area contributed by atoms with Crippen molar-refractivity contribution >= 4 is 0 Å². The number of hydrogen-bond acceptors (Lipinski definition) is 1. The molecular formula is C14H20F3N. The van der Waals surface area contributed by atoms with Crippen molar-refractivity contribution in [2.45, 2.75) is 45.3 Å². The SMILES string of the molecule is CCNC(C)CC(C)c1ccccc1C(F)(F)F. The number of nitrogens with one attached hydrogen (secondary N) is 1. The molecule has 0 bridgehead atoms. The van der Waals surface area contributed by atoms with E-state index in [1.54, 1.807) is 12.1 Å². The number of hydrogen-bond donors (Lipinski definition) is 1. The summed E-state index contributed by atoms with van der Waals surface area (Å²) in [7, 11) is 0. The maximum absolute atomic E-state index is 12.9. The van der Waals surface area contributed by atoms with Crippen LogP contribution < -0.4 is 5.32 Å². The van der Waals surface area contributed by atoms with Gasteiger partial charge in [0.15, 0.2) is 0 Å². The molecule has 1 rings (SSSR count). The molecule has 0 fully saturated rings. The fourth-order valence-corrected chi connectivity index (χ4v) is 2.27. The first kappa shape index (κ1) is 15.0. The molecule has 0 aliphatic rings.